The van der Waals surface area contributed by atoms with Crippen molar-refractivity contribution in [1.29, 1.82) is 0 Å². The van der Waals surface area contributed by atoms with Crippen LogP contribution in [0.25, 0.3) is 5.76 Å². The summed E-state index contributed by atoms with van der Waals surface area (Å²) < 4.78 is 0.300. The van der Waals surface area contributed by atoms with E-state index in [2.05, 4.69) is 40.8 Å². The van der Waals surface area contributed by atoms with E-state index in [1.54, 1.807) is 0 Å². The molecule has 0 heterocycles. The van der Waals surface area contributed by atoms with Crippen LogP contribution >= 0.6 is 22.6 Å². The zero-order valence-corrected chi connectivity index (χ0v) is 13.5. The molecule has 2 heteroatoms. The predicted molar refractivity (Wildman–Crippen MR) is 94.0 cm³/mol. The Balaban J connectivity index is 2.15. The highest BCUT2D eigenvalue weighted by atomic mass is 127. The van der Waals surface area contributed by atoms with Gasteiger partial charge in [0.1, 0.15) is 5.76 Å². The maximum atomic E-state index is 10.1. The van der Waals surface area contributed by atoms with Crippen LogP contribution in [-0.2, 0) is 0 Å². The molecule has 1 nitrogen and oxygen atoms in total. The zero-order chi connectivity index (χ0) is 14.4. The first-order valence-corrected chi connectivity index (χ1v) is 7.75. The van der Waals surface area contributed by atoms with E-state index >= 15 is 0 Å². The van der Waals surface area contributed by atoms with Gasteiger partial charge in [-0.15, -0.1) is 0 Å². The molecule has 2 aromatic carbocycles. The Hall–Kier alpha value is -1.55. The second-order valence-electron chi connectivity index (χ2n) is 4.62. The minimum Gasteiger partial charge on any atom is -0.507 e. The summed E-state index contributed by atoms with van der Waals surface area (Å²) in [5.41, 5.74) is 3.15. The van der Waals surface area contributed by atoms with Crippen molar-refractivity contribution in [3.63, 3.8) is 0 Å². The molecule has 2 aromatic rings. The summed E-state index contributed by atoms with van der Waals surface area (Å²) >= 11 is 2.40. The quantitative estimate of drug-likeness (QED) is 0.314. The molecule has 0 aliphatic carbocycles. The summed E-state index contributed by atoms with van der Waals surface area (Å²) in [6.45, 7) is 2.01. The highest BCUT2D eigenvalue weighted by molar-refractivity contribution is 14.1. The minimum atomic E-state index is 0.300. The lowest BCUT2D eigenvalue weighted by Gasteiger charge is -2.06. The summed E-state index contributed by atoms with van der Waals surface area (Å²) in [5, 5.41) is 10.1. The Bertz CT molecular complexity index is 600. The Morgan fingerprint density at radius 1 is 1.00 bits per heavy atom. The lowest BCUT2D eigenvalue weighted by Crippen LogP contribution is -1.87. The van der Waals surface area contributed by atoms with Crippen LogP contribution in [0.1, 0.15) is 22.0 Å². The third kappa shape index (κ3) is 4.23. The maximum absolute atomic E-state index is 10.1. The van der Waals surface area contributed by atoms with Crippen LogP contribution in [0.3, 0.4) is 0 Å². The first-order chi connectivity index (χ1) is 9.66. The van der Waals surface area contributed by atoms with E-state index in [1.165, 1.54) is 5.56 Å². The van der Waals surface area contributed by atoms with E-state index in [9.17, 15) is 5.11 Å². The Morgan fingerprint density at radius 3 is 2.15 bits per heavy atom. The van der Waals surface area contributed by atoms with Gasteiger partial charge in [0.25, 0.3) is 0 Å². The number of hydrogen-bond donors (Lipinski definition) is 1. The number of rotatable bonds is 4. The topological polar surface area (TPSA) is 20.2 Å². The Morgan fingerprint density at radius 2 is 1.55 bits per heavy atom. The van der Waals surface area contributed by atoms with E-state index in [0.29, 0.717) is 9.68 Å². The summed E-state index contributed by atoms with van der Waals surface area (Å²) in [7, 11) is 0. The number of hydrogen-bond acceptors (Lipinski definition) is 1. The number of benzene rings is 2. The fraction of sp³-hybridized carbons (Fsp3) is 0.111. The first kappa shape index (κ1) is 14.9. The van der Waals surface area contributed by atoms with E-state index in [0.717, 1.165) is 11.1 Å². The van der Waals surface area contributed by atoms with E-state index in [4.69, 9.17) is 0 Å². The zero-order valence-electron chi connectivity index (χ0n) is 11.3. The van der Waals surface area contributed by atoms with Crippen molar-refractivity contribution in [2.45, 2.75) is 10.8 Å². The highest BCUT2D eigenvalue weighted by Crippen LogP contribution is 2.26. The third-order valence-corrected chi connectivity index (χ3v) is 4.04. The molecule has 1 unspecified atom stereocenters. The fourth-order valence-electron chi connectivity index (χ4n) is 1.92. The molecule has 0 spiro atoms. The molecular formula is C18H17IO. The average molecular weight is 376 g/mol. The van der Waals surface area contributed by atoms with Gasteiger partial charge in [-0.3, -0.25) is 0 Å². The van der Waals surface area contributed by atoms with Crippen molar-refractivity contribution in [3.05, 3.63) is 89.5 Å². The molecule has 0 fully saturated rings. The molecule has 0 amide bonds. The molecule has 1 N–H and O–H groups in total. The van der Waals surface area contributed by atoms with E-state index < -0.39 is 0 Å². The van der Waals surface area contributed by atoms with Crippen LogP contribution in [0, 0.1) is 0 Å². The smallest absolute Gasteiger partial charge is 0.123 e. The Kier molecular flexibility index (Phi) is 5.41. The van der Waals surface area contributed by atoms with Gasteiger partial charge >= 0.3 is 0 Å². The molecule has 0 aliphatic rings. The minimum absolute atomic E-state index is 0.300. The van der Waals surface area contributed by atoms with Crippen LogP contribution in [0.15, 0.2) is 78.4 Å². The highest BCUT2D eigenvalue weighted by Gasteiger charge is 2.03. The largest absolute Gasteiger partial charge is 0.507 e. The molecule has 2 rings (SSSR count). The van der Waals surface area contributed by atoms with Crippen molar-refractivity contribution in [2.75, 3.05) is 0 Å². The number of allylic oxidation sites excluding steroid dienone is 3. The normalized spacial score (nSPS) is 14.1. The average Bonchev–Trinajstić information content (AvgIpc) is 2.49. The summed E-state index contributed by atoms with van der Waals surface area (Å²) in [5.74, 6) is 0.302. The van der Waals surface area contributed by atoms with Crippen molar-refractivity contribution >= 4 is 28.4 Å². The summed E-state index contributed by atoms with van der Waals surface area (Å²) in [6.07, 6.45) is 3.96. The molecule has 0 aliphatic heterocycles. The van der Waals surface area contributed by atoms with Crippen molar-refractivity contribution < 1.29 is 5.11 Å². The van der Waals surface area contributed by atoms with E-state index in [1.807, 2.05) is 61.5 Å². The number of halogens is 1. The van der Waals surface area contributed by atoms with Gasteiger partial charge in [-0.1, -0.05) is 94.9 Å². The molecule has 0 bridgehead atoms. The predicted octanol–water partition coefficient (Wildman–Crippen LogP) is 5.71. The van der Waals surface area contributed by atoms with Gasteiger partial charge in [0.05, 0.1) is 3.92 Å². The third-order valence-electron chi connectivity index (χ3n) is 2.96. The van der Waals surface area contributed by atoms with Gasteiger partial charge in [-0.2, -0.15) is 0 Å². The number of aliphatic hydroxyl groups is 1. The maximum Gasteiger partial charge on any atom is 0.123 e. The van der Waals surface area contributed by atoms with Crippen LogP contribution in [-0.4, -0.2) is 5.11 Å². The molecule has 0 saturated carbocycles. The second kappa shape index (κ2) is 7.29. The summed E-state index contributed by atoms with van der Waals surface area (Å²) in [4.78, 5) is 0. The van der Waals surface area contributed by atoms with Crippen LogP contribution in [0.2, 0.25) is 0 Å². The molecule has 0 aromatic heterocycles. The standard InChI is InChI=1S/C18H17IO/c1-14(12-17(19)15-8-4-2-5-9-15)13-18(20)16-10-6-3-7-11-16/h2-13,17,20H,1H3/b14-12-,18-13-. The Labute approximate surface area is 133 Å². The van der Waals surface area contributed by atoms with Crippen molar-refractivity contribution in [3.8, 4) is 0 Å². The molecule has 0 saturated heterocycles. The molecular weight excluding hydrogens is 359 g/mol. The lowest BCUT2D eigenvalue weighted by molar-refractivity contribution is 0.511. The molecule has 102 valence electrons. The van der Waals surface area contributed by atoms with Crippen LogP contribution < -0.4 is 0 Å². The van der Waals surface area contributed by atoms with Gasteiger partial charge in [0.2, 0.25) is 0 Å². The van der Waals surface area contributed by atoms with Crippen molar-refractivity contribution in [1.82, 2.24) is 0 Å². The van der Waals surface area contributed by atoms with E-state index in [-0.39, 0.29) is 0 Å². The summed E-state index contributed by atoms with van der Waals surface area (Å²) in [6, 6.07) is 19.9. The van der Waals surface area contributed by atoms with Gasteiger partial charge in [0, 0.05) is 5.56 Å². The first-order valence-electron chi connectivity index (χ1n) is 6.50. The SMILES string of the molecule is CC(=C/C(I)c1ccccc1)/C=C(\O)c1ccccc1. The van der Waals surface area contributed by atoms with Crippen molar-refractivity contribution in [2.24, 2.45) is 0 Å². The molecule has 0 radical (unpaired) electrons. The lowest BCUT2D eigenvalue weighted by atomic mass is 10.1. The molecule has 1 atom stereocenters. The second-order valence-corrected chi connectivity index (χ2v) is 5.96. The number of alkyl halides is 1. The van der Waals surface area contributed by atoms with Gasteiger partial charge in [0.15, 0.2) is 0 Å². The number of aliphatic hydroxyl groups excluding tert-OH is 1. The van der Waals surface area contributed by atoms with Crippen LogP contribution in [0.5, 0.6) is 0 Å². The van der Waals surface area contributed by atoms with Crippen LogP contribution in [0.4, 0.5) is 0 Å². The molecule has 20 heavy (non-hydrogen) atoms. The van der Waals surface area contributed by atoms with Gasteiger partial charge < -0.3 is 5.11 Å². The monoisotopic (exact) mass is 376 g/mol. The van der Waals surface area contributed by atoms with Gasteiger partial charge in [-0.25, -0.2) is 0 Å². The van der Waals surface area contributed by atoms with Gasteiger partial charge in [-0.05, 0) is 18.6 Å². The fourth-order valence-corrected chi connectivity index (χ4v) is 2.90.